The molecular formula is C20H25N3O3. The van der Waals surface area contributed by atoms with Crippen LogP contribution in [-0.4, -0.2) is 40.3 Å². The first-order valence-electron chi connectivity index (χ1n) is 9.57. The van der Waals surface area contributed by atoms with Gasteiger partial charge in [0, 0.05) is 24.3 Å². The fraction of sp³-hybridized carbons (Fsp3) is 0.600. The average Bonchev–Trinajstić information content (AvgIpc) is 3.08. The number of hydrogen-bond acceptors (Lipinski definition) is 5. The third-order valence-corrected chi connectivity index (χ3v) is 6.94. The van der Waals surface area contributed by atoms with Crippen LogP contribution in [0.5, 0.6) is 0 Å². The number of hydrogen-bond donors (Lipinski definition) is 3. The minimum atomic E-state index is -0.408. The number of carbonyl (C=O) groups is 1. The van der Waals surface area contributed by atoms with Gasteiger partial charge < -0.3 is 20.1 Å². The summed E-state index contributed by atoms with van der Waals surface area (Å²) in [6.07, 6.45) is 8.77. The van der Waals surface area contributed by atoms with Crippen molar-refractivity contribution < 1.29 is 14.6 Å². The molecule has 4 aliphatic rings. The Morgan fingerprint density at radius 2 is 2.15 bits per heavy atom. The molecule has 4 fully saturated rings. The van der Waals surface area contributed by atoms with Crippen molar-refractivity contribution in [3.63, 3.8) is 0 Å². The van der Waals surface area contributed by atoms with Crippen LogP contribution < -0.4 is 5.32 Å². The number of ether oxygens (including phenoxy) is 1. The zero-order chi connectivity index (χ0) is 17.9. The Morgan fingerprint density at radius 1 is 1.38 bits per heavy atom. The van der Waals surface area contributed by atoms with Crippen LogP contribution in [0, 0.1) is 23.7 Å². The molecule has 138 valence electrons. The molecule has 0 aromatic carbocycles. The van der Waals surface area contributed by atoms with E-state index in [1.54, 1.807) is 6.20 Å². The average molecular weight is 355 g/mol. The zero-order valence-electron chi connectivity index (χ0n) is 15.0. The fourth-order valence-electron chi connectivity index (χ4n) is 6.10. The summed E-state index contributed by atoms with van der Waals surface area (Å²) in [5, 5.41) is 15.2. The van der Waals surface area contributed by atoms with Crippen LogP contribution in [-0.2, 0) is 4.74 Å². The van der Waals surface area contributed by atoms with Crippen LogP contribution in [0.15, 0.2) is 18.5 Å². The monoisotopic (exact) mass is 355 g/mol. The molecule has 4 saturated carbocycles. The topological polar surface area (TPSA) is 87.2 Å². The molecule has 4 bridgehead atoms. The van der Waals surface area contributed by atoms with Gasteiger partial charge in [-0.25, -0.2) is 9.78 Å². The van der Waals surface area contributed by atoms with E-state index in [0.29, 0.717) is 29.2 Å². The van der Waals surface area contributed by atoms with Gasteiger partial charge in [-0.05, 0) is 61.8 Å². The van der Waals surface area contributed by atoms with E-state index in [4.69, 9.17) is 4.74 Å². The number of nitrogens with zero attached hydrogens (tertiary/aromatic N) is 1. The van der Waals surface area contributed by atoms with E-state index in [0.717, 1.165) is 42.5 Å². The highest BCUT2D eigenvalue weighted by molar-refractivity contribution is 6.04. The van der Waals surface area contributed by atoms with E-state index in [1.807, 2.05) is 12.3 Å². The van der Waals surface area contributed by atoms with Gasteiger partial charge >= 0.3 is 5.97 Å². The van der Waals surface area contributed by atoms with Gasteiger partial charge in [0.1, 0.15) is 11.2 Å². The van der Waals surface area contributed by atoms with Crippen LogP contribution in [0.4, 0.5) is 5.69 Å². The summed E-state index contributed by atoms with van der Waals surface area (Å²) in [7, 11) is 1.39. The summed E-state index contributed by atoms with van der Waals surface area (Å²) >= 11 is 0. The summed E-state index contributed by atoms with van der Waals surface area (Å²) in [4.78, 5) is 19.6. The Bertz CT molecular complexity index is 845. The number of aliphatic hydroxyl groups is 1. The van der Waals surface area contributed by atoms with Crippen LogP contribution in [0.2, 0.25) is 0 Å². The van der Waals surface area contributed by atoms with Crippen LogP contribution >= 0.6 is 0 Å². The molecule has 0 spiro atoms. The summed E-state index contributed by atoms with van der Waals surface area (Å²) in [6.45, 7) is 0.826. The largest absolute Gasteiger partial charge is 0.465 e. The number of anilines is 1. The zero-order valence-corrected chi connectivity index (χ0v) is 15.0. The number of pyridine rings is 1. The third-order valence-electron chi connectivity index (χ3n) is 6.94. The van der Waals surface area contributed by atoms with Crippen LogP contribution in [0.25, 0.3) is 11.0 Å². The summed E-state index contributed by atoms with van der Waals surface area (Å²) in [6, 6.07) is 1.94. The Balaban J connectivity index is 1.42. The highest BCUT2D eigenvalue weighted by Gasteiger charge is 2.54. The lowest BCUT2D eigenvalue weighted by molar-refractivity contribution is -0.148. The molecule has 26 heavy (non-hydrogen) atoms. The van der Waals surface area contributed by atoms with Crippen molar-refractivity contribution in [1.82, 2.24) is 9.97 Å². The van der Waals surface area contributed by atoms with Crippen molar-refractivity contribution in [2.75, 3.05) is 19.0 Å². The van der Waals surface area contributed by atoms with Gasteiger partial charge in [0.25, 0.3) is 0 Å². The van der Waals surface area contributed by atoms with Gasteiger partial charge in [0.05, 0.1) is 18.4 Å². The maximum Gasteiger partial charge on any atom is 0.341 e. The predicted molar refractivity (Wildman–Crippen MR) is 97.9 cm³/mol. The first-order chi connectivity index (χ1) is 12.6. The van der Waals surface area contributed by atoms with Crippen LogP contribution in [0.1, 0.15) is 42.5 Å². The first-order valence-corrected chi connectivity index (χ1v) is 9.57. The molecule has 2 atom stereocenters. The highest BCUT2D eigenvalue weighted by Crippen LogP contribution is 2.58. The molecule has 6 heteroatoms. The lowest BCUT2D eigenvalue weighted by atomic mass is 9.50. The molecule has 4 aliphatic carbocycles. The number of H-pyrrole nitrogens is 1. The lowest BCUT2D eigenvalue weighted by Crippen LogP contribution is -2.55. The summed E-state index contributed by atoms with van der Waals surface area (Å²) in [5.74, 6) is 2.06. The molecule has 0 radical (unpaired) electrons. The molecule has 2 heterocycles. The molecule has 0 amide bonds. The molecule has 3 N–H and O–H groups in total. The molecule has 6 nitrogen and oxygen atoms in total. The van der Waals surface area contributed by atoms with Gasteiger partial charge in [-0.15, -0.1) is 0 Å². The predicted octanol–water partition coefficient (Wildman–Crippen LogP) is 2.95. The Morgan fingerprint density at radius 3 is 2.85 bits per heavy atom. The second kappa shape index (κ2) is 5.71. The number of fused-ring (bicyclic) bond motifs is 1. The van der Waals surface area contributed by atoms with Crippen molar-refractivity contribution in [2.45, 2.75) is 37.7 Å². The van der Waals surface area contributed by atoms with Crippen molar-refractivity contribution in [3.8, 4) is 0 Å². The number of aromatic amines is 1. The number of rotatable bonds is 4. The molecule has 2 unspecified atom stereocenters. The van der Waals surface area contributed by atoms with E-state index >= 15 is 0 Å². The minimum absolute atomic E-state index is 0.373. The number of esters is 1. The van der Waals surface area contributed by atoms with E-state index in [2.05, 4.69) is 15.3 Å². The number of nitrogens with one attached hydrogen (secondary N) is 2. The second-order valence-corrected chi connectivity index (χ2v) is 8.52. The number of aromatic nitrogens is 2. The van der Waals surface area contributed by atoms with E-state index in [-0.39, 0.29) is 5.97 Å². The quantitative estimate of drug-likeness (QED) is 0.734. The SMILES string of the molecule is COC(=O)c1cnc2[nH]ccc2c1NCC1C2CC3CC1CC(O)(C3)C2. The number of carbonyl (C=O) groups excluding carboxylic acids is 1. The first kappa shape index (κ1) is 16.1. The third kappa shape index (κ3) is 2.42. The molecular weight excluding hydrogens is 330 g/mol. The fourth-order valence-corrected chi connectivity index (χ4v) is 6.10. The van der Waals surface area contributed by atoms with E-state index < -0.39 is 5.60 Å². The Labute approximate surface area is 152 Å². The van der Waals surface area contributed by atoms with Gasteiger partial charge in [-0.1, -0.05) is 0 Å². The van der Waals surface area contributed by atoms with Gasteiger partial charge in [0.2, 0.25) is 0 Å². The molecule has 0 saturated heterocycles. The van der Waals surface area contributed by atoms with E-state index in [9.17, 15) is 9.90 Å². The highest BCUT2D eigenvalue weighted by atomic mass is 16.5. The minimum Gasteiger partial charge on any atom is -0.465 e. The van der Waals surface area contributed by atoms with Gasteiger partial charge in [-0.2, -0.15) is 0 Å². The Kier molecular flexibility index (Phi) is 3.54. The number of methoxy groups -OCH3 is 1. The summed E-state index contributed by atoms with van der Waals surface area (Å²) in [5.41, 5.74) is 1.63. The molecule has 2 aromatic heterocycles. The van der Waals surface area contributed by atoms with Gasteiger partial charge in [-0.3, -0.25) is 0 Å². The van der Waals surface area contributed by atoms with Crippen molar-refractivity contribution >= 4 is 22.7 Å². The smallest absolute Gasteiger partial charge is 0.341 e. The van der Waals surface area contributed by atoms with Crippen molar-refractivity contribution in [3.05, 3.63) is 24.0 Å². The van der Waals surface area contributed by atoms with Crippen molar-refractivity contribution in [1.29, 1.82) is 0 Å². The molecule has 6 rings (SSSR count). The standard InChI is InChI=1S/C20H25N3O3/c1-26-19(24)16-10-23-18-14(2-3-21-18)17(16)22-9-15-12-4-11-5-13(15)8-20(25,6-11)7-12/h2-3,10-13,15,25H,4-9H2,1H3,(H2,21,22,23). The Hall–Kier alpha value is -2.08. The lowest BCUT2D eigenvalue weighted by Gasteiger charge is -2.58. The maximum absolute atomic E-state index is 12.2. The van der Waals surface area contributed by atoms with Gasteiger partial charge in [0.15, 0.2) is 0 Å². The van der Waals surface area contributed by atoms with Crippen molar-refractivity contribution in [2.24, 2.45) is 23.7 Å². The van der Waals surface area contributed by atoms with E-state index in [1.165, 1.54) is 20.0 Å². The summed E-state index contributed by atoms with van der Waals surface area (Å²) < 4.78 is 4.94. The molecule has 2 aromatic rings. The maximum atomic E-state index is 12.2. The molecule has 0 aliphatic heterocycles. The second-order valence-electron chi connectivity index (χ2n) is 8.52. The van der Waals surface area contributed by atoms with Crippen LogP contribution in [0.3, 0.4) is 0 Å². The normalized spacial score (nSPS) is 35.0.